The highest BCUT2D eigenvalue weighted by Gasteiger charge is 1.81. The monoisotopic (exact) mass is 98.0 g/mol. The lowest BCUT2D eigenvalue weighted by atomic mass is 10.3. The fourth-order valence-corrected chi connectivity index (χ4v) is 0.201. The second-order valence-corrected chi connectivity index (χ2v) is 0.992. The molecular weight excluding hydrogens is 92.1 g/mol. The Kier molecular flexibility index (Phi) is 4.84. The third-order valence-electron chi connectivity index (χ3n) is 0.455. The minimum atomic E-state index is 0.263. The summed E-state index contributed by atoms with van der Waals surface area (Å²) in [6, 6.07) is 0. The molecule has 0 saturated carbocycles. The minimum Gasteiger partial charge on any atom is -0.303 e. The summed E-state index contributed by atoms with van der Waals surface area (Å²) in [6.07, 6.45) is 4.50. The van der Waals surface area contributed by atoms with Crippen molar-refractivity contribution in [3.05, 3.63) is 6.42 Å². The van der Waals surface area contributed by atoms with E-state index in [1.807, 2.05) is 0 Å². The van der Waals surface area contributed by atoms with Gasteiger partial charge in [0.25, 0.3) is 0 Å². The van der Waals surface area contributed by atoms with E-state index in [0.717, 1.165) is 0 Å². The standard InChI is InChI=1S/C5H6O2/c6-4-2-1-3-5-7/h4-5H,2-3H2. The van der Waals surface area contributed by atoms with E-state index in [9.17, 15) is 9.59 Å². The van der Waals surface area contributed by atoms with Crippen LogP contribution in [0.25, 0.3) is 0 Å². The van der Waals surface area contributed by atoms with Crippen LogP contribution in [0.15, 0.2) is 0 Å². The van der Waals surface area contributed by atoms with E-state index >= 15 is 0 Å². The Morgan fingerprint density at radius 3 is 1.86 bits per heavy atom. The van der Waals surface area contributed by atoms with Crippen LogP contribution in [0, 0.1) is 6.42 Å². The zero-order chi connectivity index (χ0) is 5.54. The van der Waals surface area contributed by atoms with E-state index in [-0.39, 0.29) is 12.8 Å². The summed E-state index contributed by atoms with van der Waals surface area (Å²) >= 11 is 0. The quantitative estimate of drug-likeness (QED) is 0.373. The van der Waals surface area contributed by atoms with Gasteiger partial charge >= 0.3 is 0 Å². The topological polar surface area (TPSA) is 34.1 Å². The van der Waals surface area contributed by atoms with Gasteiger partial charge < -0.3 is 9.59 Å². The third-order valence-corrected chi connectivity index (χ3v) is 0.455. The van der Waals surface area contributed by atoms with E-state index in [0.29, 0.717) is 12.6 Å². The molecule has 0 saturated heterocycles. The zero-order valence-electron chi connectivity index (χ0n) is 3.89. The summed E-state index contributed by atoms with van der Waals surface area (Å²) < 4.78 is 0. The molecule has 2 radical (unpaired) electrons. The maximum Gasteiger partial charge on any atom is 0.120 e. The molecule has 0 amide bonds. The van der Waals surface area contributed by atoms with Gasteiger partial charge in [0.1, 0.15) is 12.6 Å². The normalized spacial score (nSPS) is 8.00. The summed E-state index contributed by atoms with van der Waals surface area (Å²) in [5.41, 5.74) is 0. The first-order chi connectivity index (χ1) is 3.41. The van der Waals surface area contributed by atoms with Gasteiger partial charge in [-0.2, -0.15) is 0 Å². The number of aldehydes is 2. The van der Waals surface area contributed by atoms with Crippen LogP contribution in [0.5, 0.6) is 0 Å². The highest BCUT2D eigenvalue weighted by Crippen LogP contribution is 1.83. The van der Waals surface area contributed by atoms with Crippen LogP contribution in [0.3, 0.4) is 0 Å². The minimum absolute atomic E-state index is 0.263. The van der Waals surface area contributed by atoms with Crippen LogP contribution in [0.1, 0.15) is 12.8 Å². The summed E-state index contributed by atoms with van der Waals surface area (Å²) in [7, 11) is 0. The number of hydrogen-bond donors (Lipinski definition) is 0. The molecule has 38 valence electrons. The number of unbranched alkanes of at least 4 members (excludes halogenated alkanes) is 2. The van der Waals surface area contributed by atoms with E-state index in [4.69, 9.17) is 0 Å². The van der Waals surface area contributed by atoms with E-state index < -0.39 is 0 Å². The summed E-state index contributed by atoms with van der Waals surface area (Å²) in [5, 5.41) is 0. The molecule has 0 rings (SSSR count). The molecule has 0 bridgehead atoms. The molecule has 0 fully saturated rings. The average Bonchev–Trinajstić information content (AvgIpc) is 1.69. The fourth-order valence-electron chi connectivity index (χ4n) is 0.201. The van der Waals surface area contributed by atoms with Crippen LogP contribution in [0.2, 0.25) is 0 Å². The predicted molar refractivity (Wildman–Crippen MR) is 24.6 cm³/mol. The second-order valence-electron chi connectivity index (χ2n) is 0.992. The van der Waals surface area contributed by atoms with E-state index in [1.165, 1.54) is 0 Å². The molecule has 7 heavy (non-hydrogen) atoms. The molecule has 0 aromatic rings. The molecule has 0 aliphatic heterocycles. The van der Waals surface area contributed by atoms with Crippen LogP contribution in [-0.2, 0) is 9.59 Å². The molecule has 0 aliphatic carbocycles. The second kappa shape index (κ2) is 5.34. The lowest BCUT2D eigenvalue weighted by Crippen LogP contribution is -1.77. The Morgan fingerprint density at radius 1 is 1.14 bits per heavy atom. The molecule has 2 nitrogen and oxygen atoms in total. The lowest BCUT2D eigenvalue weighted by Gasteiger charge is -1.77. The van der Waals surface area contributed by atoms with Crippen LogP contribution >= 0.6 is 0 Å². The van der Waals surface area contributed by atoms with Gasteiger partial charge in [-0.3, -0.25) is 0 Å². The van der Waals surface area contributed by atoms with Crippen molar-refractivity contribution >= 4 is 12.6 Å². The van der Waals surface area contributed by atoms with Crippen molar-refractivity contribution in [2.24, 2.45) is 0 Å². The fraction of sp³-hybridized carbons (Fsp3) is 0.400. The van der Waals surface area contributed by atoms with Gasteiger partial charge in [0.15, 0.2) is 0 Å². The van der Waals surface area contributed by atoms with Gasteiger partial charge in [0.05, 0.1) is 0 Å². The van der Waals surface area contributed by atoms with E-state index in [2.05, 4.69) is 6.42 Å². The Morgan fingerprint density at radius 2 is 1.57 bits per heavy atom. The van der Waals surface area contributed by atoms with Crippen LogP contribution in [-0.4, -0.2) is 12.6 Å². The molecule has 0 atom stereocenters. The molecule has 0 aromatic carbocycles. The van der Waals surface area contributed by atoms with Gasteiger partial charge in [-0.15, -0.1) is 0 Å². The summed E-state index contributed by atoms with van der Waals surface area (Å²) in [4.78, 5) is 19.0. The molecule has 0 aliphatic rings. The average molecular weight is 98.1 g/mol. The first-order valence-electron chi connectivity index (χ1n) is 2.00. The number of carbonyl (C=O) groups excluding carboxylic acids is 2. The molecule has 0 aromatic heterocycles. The van der Waals surface area contributed by atoms with Crippen LogP contribution in [0.4, 0.5) is 0 Å². The Balaban J connectivity index is 2.68. The Hall–Kier alpha value is -0.660. The van der Waals surface area contributed by atoms with Gasteiger partial charge in [-0.25, -0.2) is 0 Å². The van der Waals surface area contributed by atoms with Gasteiger partial charge in [0.2, 0.25) is 0 Å². The molecule has 0 unspecified atom stereocenters. The third kappa shape index (κ3) is 5.34. The number of hydrogen-bond acceptors (Lipinski definition) is 2. The maximum absolute atomic E-state index is 9.50. The van der Waals surface area contributed by atoms with E-state index in [1.54, 1.807) is 0 Å². The highest BCUT2D eigenvalue weighted by molar-refractivity contribution is 5.56. The molecule has 0 heterocycles. The molecule has 0 N–H and O–H groups in total. The van der Waals surface area contributed by atoms with Crippen molar-refractivity contribution in [1.29, 1.82) is 0 Å². The number of rotatable bonds is 4. The van der Waals surface area contributed by atoms with Crippen LogP contribution < -0.4 is 0 Å². The largest absolute Gasteiger partial charge is 0.303 e. The van der Waals surface area contributed by atoms with Crippen molar-refractivity contribution in [3.8, 4) is 0 Å². The zero-order valence-corrected chi connectivity index (χ0v) is 3.89. The number of carbonyl (C=O) groups is 2. The molecule has 0 spiro atoms. The van der Waals surface area contributed by atoms with Crippen molar-refractivity contribution in [2.75, 3.05) is 0 Å². The van der Waals surface area contributed by atoms with Gasteiger partial charge in [-0.05, 0) is 6.42 Å². The van der Waals surface area contributed by atoms with Crippen molar-refractivity contribution in [2.45, 2.75) is 12.8 Å². The Labute approximate surface area is 42.5 Å². The smallest absolute Gasteiger partial charge is 0.120 e. The first kappa shape index (κ1) is 6.34. The lowest BCUT2D eigenvalue weighted by molar-refractivity contribution is -0.107. The SMILES string of the molecule is O=CC[C]CC=O. The molecule has 2 heteroatoms. The predicted octanol–water partition coefficient (Wildman–Crippen LogP) is 0.246. The van der Waals surface area contributed by atoms with Crippen molar-refractivity contribution in [1.82, 2.24) is 0 Å². The molecular formula is C5H6O2. The van der Waals surface area contributed by atoms with Crippen molar-refractivity contribution in [3.63, 3.8) is 0 Å². The maximum atomic E-state index is 9.50. The first-order valence-corrected chi connectivity index (χ1v) is 2.00. The Bertz CT molecular complexity index is 51.1. The van der Waals surface area contributed by atoms with Crippen molar-refractivity contribution < 1.29 is 9.59 Å². The van der Waals surface area contributed by atoms with Gasteiger partial charge in [0, 0.05) is 12.8 Å². The summed E-state index contributed by atoms with van der Waals surface area (Å²) in [6.45, 7) is 0. The highest BCUT2D eigenvalue weighted by atomic mass is 16.1. The summed E-state index contributed by atoms with van der Waals surface area (Å²) in [5.74, 6) is 0. The van der Waals surface area contributed by atoms with Gasteiger partial charge in [-0.1, -0.05) is 0 Å².